The second kappa shape index (κ2) is 9.61. The van der Waals surface area contributed by atoms with Gasteiger partial charge in [-0.2, -0.15) is 5.26 Å². The SMILES string of the molecule is CCOC(=O)C1=C(COc2ccc(-c3ccc(C#N)cc3)cc2)NC(=O)NC1CC. The number of amides is 2. The monoisotopic (exact) mass is 405 g/mol. The molecule has 154 valence electrons. The molecule has 0 saturated carbocycles. The summed E-state index contributed by atoms with van der Waals surface area (Å²) in [6, 6.07) is 16.1. The van der Waals surface area contributed by atoms with Gasteiger partial charge in [-0.3, -0.25) is 0 Å². The van der Waals surface area contributed by atoms with Crippen molar-refractivity contribution in [2.75, 3.05) is 13.2 Å². The maximum atomic E-state index is 12.4. The minimum atomic E-state index is -0.466. The van der Waals surface area contributed by atoms with Crippen LogP contribution in [0.1, 0.15) is 25.8 Å². The number of carbonyl (C=O) groups is 2. The predicted molar refractivity (Wildman–Crippen MR) is 111 cm³/mol. The summed E-state index contributed by atoms with van der Waals surface area (Å²) in [4.78, 5) is 24.3. The Labute approximate surface area is 175 Å². The highest BCUT2D eigenvalue weighted by Gasteiger charge is 2.31. The second-order valence-electron chi connectivity index (χ2n) is 6.67. The van der Waals surface area contributed by atoms with Crippen molar-refractivity contribution in [2.45, 2.75) is 26.3 Å². The normalized spacial score (nSPS) is 15.6. The molecular weight excluding hydrogens is 382 g/mol. The van der Waals surface area contributed by atoms with Crippen LogP contribution in [0.2, 0.25) is 0 Å². The molecule has 1 heterocycles. The third kappa shape index (κ3) is 4.78. The maximum Gasteiger partial charge on any atom is 0.338 e. The zero-order valence-corrected chi connectivity index (χ0v) is 16.9. The van der Waals surface area contributed by atoms with Gasteiger partial charge in [-0.1, -0.05) is 31.2 Å². The molecule has 1 aliphatic heterocycles. The van der Waals surface area contributed by atoms with E-state index in [-0.39, 0.29) is 19.2 Å². The molecule has 2 amide bonds. The van der Waals surface area contributed by atoms with E-state index in [9.17, 15) is 9.59 Å². The van der Waals surface area contributed by atoms with Gasteiger partial charge in [0.15, 0.2) is 0 Å². The van der Waals surface area contributed by atoms with Crippen molar-refractivity contribution in [1.29, 1.82) is 5.26 Å². The first-order valence-corrected chi connectivity index (χ1v) is 9.76. The molecule has 0 saturated heterocycles. The molecule has 2 aromatic carbocycles. The topological polar surface area (TPSA) is 100 Å². The first kappa shape index (κ1) is 20.9. The van der Waals surface area contributed by atoms with Crippen LogP contribution in [0.3, 0.4) is 0 Å². The lowest BCUT2D eigenvalue weighted by Gasteiger charge is -2.28. The standard InChI is InChI=1S/C23H23N3O4/c1-3-19-21(22(27)29-4-2)20(26-23(28)25-19)14-30-18-11-9-17(10-12-18)16-7-5-15(13-24)6-8-16/h5-12,19H,3-4,14H2,1-2H3,(H2,25,26,28). The Morgan fingerprint density at radius 2 is 1.70 bits per heavy atom. The van der Waals surface area contributed by atoms with Gasteiger partial charge >= 0.3 is 12.0 Å². The number of esters is 1. The zero-order valence-electron chi connectivity index (χ0n) is 16.9. The number of nitriles is 1. The molecule has 2 aromatic rings. The molecule has 0 fully saturated rings. The number of ether oxygens (including phenoxy) is 2. The molecule has 3 rings (SSSR count). The van der Waals surface area contributed by atoms with Crippen LogP contribution in [0.5, 0.6) is 5.75 Å². The number of benzene rings is 2. The number of nitrogens with one attached hydrogen (secondary N) is 2. The van der Waals surface area contributed by atoms with E-state index in [4.69, 9.17) is 14.7 Å². The van der Waals surface area contributed by atoms with Crippen molar-refractivity contribution in [3.8, 4) is 22.9 Å². The predicted octanol–water partition coefficient (Wildman–Crippen LogP) is 3.51. The first-order chi connectivity index (χ1) is 14.5. The van der Waals surface area contributed by atoms with Crippen LogP contribution in [0, 0.1) is 11.3 Å². The van der Waals surface area contributed by atoms with E-state index in [1.165, 1.54) is 0 Å². The number of rotatable bonds is 7. The van der Waals surface area contributed by atoms with Crippen LogP contribution in [0.15, 0.2) is 59.8 Å². The largest absolute Gasteiger partial charge is 0.487 e. The fourth-order valence-electron chi connectivity index (χ4n) is 3.21. The molecule has 1 atom stereocenters. The van der Waals surface area contributed by atoms with Gasteiger partial charge in [-0.05, 0) is 48.7 Å². The first-order valence-electron chi connectivity index (χ1n) is 9.76. The maximum absolute atomic E-state index is 12.4. The van der Waals surface area contributed by atoms with Crippen LogP contribution in [0.4, 0.5) is 4.79 Å². The molecule has 7 nitrogen and oxygen atoms in total. The second-order valence-corrected chi connectivity index (χ2v) is 6.67. The number of hydrogen-bond acceptors (Lipinski definition) is 5. The lowest BCUT2D eigenvalue weighted by molar-refractivity contribution is -0.139. The lowest BCUT2D eigenvalue weighted by atomic mass is 10.0. The van der Waals surface area contributed by atoms with E-state index in [0.29, 0.717) is 29.0 Å². The molecule has 0 radical (unpaired) electrons. The fraction of sp³-hybridized carbons (Fsp3) is 0.261. The molecule has 0 aliphatic carbocycles. The minimum Gasteiger partial charge on any atom is -0.487 e. The van der Waals surface area contributed by atoms with Gasteiger partial charge in [0.25, 0.3) is 0 Å². The van der Waals surface area contributed by atoms with Crippen molar-refractivity contribution >= 4 is 12.0 Å². The van der Waals surface area contributed by atoms with Gasteiger partial charge in [-0.15, -0.1) is 0 Å². The summed E-state index contributed by atoms with van der Waals surface area (Å²) in [6.45, 7) is 3.90. The highest BCUT2D eigenvalue weighted by Crippen LogP contribution is 2.24. The Morgan fingerprint density at radius 3 is 2.27 bits per heavy atom. The quantitative estimate of drug-likeness (QED) is 0.687. The van der Waals surface area contributed by atoms with E-state index in [0.717, 1.165) is 11.1 Å². The Kier molecular flexibility index (Phi) is 6.71. The van der Waals surface area contributed by atoms with Crippen LogP contribution < -0.4 is 15.4 Å². The molecular formula is C23H23N3O4. The van der Waals surface area contributed by atoms with Crippen molar-refractivity contribution in [3.63, 3.8) is 0 Å². The average Bonchev–Trinajstić information content (AvgIpc) is 2.77. The molecule has 0 spiro atoms. The van der Waals surface area contributed by atoms with E-state index in [2.05, 4.69) is 16.7 Å². The number of nitrogens with zero attached hydrogens (tertiary/aromatic N) is 1. The lowest BCUT2D eigenvalue weighted by Crippen LogP contribution is -2.51. The van der Waals surface area contributed by atoms with Crippen molar-refractivity contribution < 1.29 is 19.1 Å². The molecule has 1 aliphatic rings. The summed E-state index contributed by atoms with van der Waals surface area (Å²) in [5.41, 5.74) is 3.37. The fourth-order valence-corrected chi connectivity index (χ4v) is 3.21. The average molecular weight is 405 g/mol. The highest BCUT2D eigenvalue weighted by atomic mass is 16.5. The molecule has 2 N–H and O–H groups in total. The van der Waals surface area contributed by atoms with Gasteiger partial charge in [0.1, 0.15) is 12.4 Å². The third-order valence-corrected chi connectivity index (χ3v) is 4.73. The molecule has 1 unspecified atom stereocenters. The van der Waals surface area contributed by atoms with Crippen molar-refractivity contribution in [1.82, 2.24) is 10.6 Å². The summed E-state index contributed by atoms with van der Waals surface area (Å²) >= 11 is 0. The van der Waals surface area contributed by atoms with Gasteiger partial charge in [0.05, 0.1) is 35.6 Å². The van der Waals surface area contributed by atoms with Gasteiger partial charge in [0.2, 0.25) is 0 Å². The molecule has 0 aromatic heterocycles. The summed E-state index contributed by atoms with van der Waals surface area (Å²) < 4.78 is 11.0. The Bertz CT molecular complexity index is 989. The van der Waals surface area contributed by atoms with E-state index in [1.54, 1.807) is 19.1 Å². The number of carbonyl (C=O) groups excluding carboxylic acids is 2. The number of hydrogen-bond donors (Lipinski definition) is 2. The summed E-state index contributed by atoms with van der Waals surface area (Å²) in [6.07, 6.45) is 0.560. The summed E-state index contributed by atoms with van der Waals surface area (Å²) in [5.74, 6) is 0.135. The Hall–Kier alpha value is -3.79. The van der Waals surface area contributed by atoms with Gasteiger partial charge in [-0.25, -0.2) is 9.59 Å². The molecule has 7 heteroatoms. The van der Waals surface area contributed by atoms with Crippen molar-refractivity contribution in [3.05, 3.63) is 65.4 Å². The van der Waals surface area contributed by atoms with E-state index < -0.39 is 12.0 Å². The van der Waals surface area contributed by atoms with E-state index in [1.807, 2.05) is 43.3 Å². The van der Waals surface area contributed by atoms with E-state index >= 15 is 0 Å². The smallest absolute Gasteiger partial charge is 0.338 e. The van der Waals surface area contributed by atoms with Crippen molar-refractivity contribution in [2.24, 2.45) is 0 Å². The Morgan fingerprint density at radius 1 is 1.07 bits per heavy atom. The van der Waals surface area contributed by atoms with Crippen LogP contribution in [-0.4, -0.2) is 31.3 Å². The Balaban J connectivity index is 1.75. The zero-order chi connectivity index (χ0) is 21.5. The van der Waals surface area contributed by atoms with Crippen LogP contribution >= 0.6 is 0 Å². The summed E-state index contributed by atoms with van der Waals surface area (Å²) in [5, 5.41) is 14.3. The molecule has 30 heavy (non-hydrogen) atoms. The third-order valence-electron chi connectivity index (χ3n) is 4.73. The van der Waals surface area contributed by atoms with Crippen LogP contribution in [-0.2, 0) is 9.53 Å². The molecule has 0 bridgehead atoms. The minimum absolute atomic E-state index is 0.0360. The summed E-state index contributed by atoms with van der Waals surface area (Å²) in [7, 11) is 0. The van der Waals surface area contributed by atoms with Gasteiger partial charge in [0, 0.05) is 0 Å². The highest BCUT2D eigenvalue weighted by molar-refractivity contribution is 5.94. The van der Waals surface area contributed by atoms with Gasteiger partial charge < -0.3 is 20.1 Å². The number of urea groups is 1. The van der Waals surface area contributed by atoms with Crippen LogP contribution in [0.25, 0.3) is 11.1 Å².